The van der Waals surface area contributed by atoms with E-state index in [2.05, 4.69) is 10.6 Å². The van der Waals surface area contributed by atoms with Crippen molar-refractivity contribution in [3.8, 4) is 0 Å². The summed E-state index contributed by atoms with van der Waals surface area (Å²) in [7, 11) is 0. The molecule has 1 aliphatic heterocycles. The zero-order valence-electron chi connectivity index (χ0n) is 15.3. The highest BCUT2D eigenvalue weighted by molar-refractivity contribution is 6.36. The summed E-state index contributed by atoms with van der Waals surface area (Å²) in [5.41, 5.74) is 1.63. The minimum Gasteiger partial charge on any atom is -0.376 e. The predicted octanol–water partition coefficient (Wildman–Crippen LogP) is 4.47. The summed E-state index contributed by atoms with van der Waals surface area (Å²) in [5, 5.41) is 6.76. The van der Waals surface area contributed by atoms with Gasteiger partial charge in [0.25, 0.3) is 5.91 Å². The van der Waals surface area contributed by atoms with Crippen LogP contribution in [-0.4, -0.2) is 31.1 Å². The number of hydrogen-bond acceptors (Lipinski definition) is 3. The van der Waals surface area contributed by atoms with Crippen LogP contribution in [0.25, 0.3) is 0 Å². The van der Waals surface area contributed by atoms with Crippen LogP contribution in [-0.2, 0) is 16.0 Å². The molecule has 7 heteroatoms. The van der Waals surface area contributed by atoms with E-state index in [1.165, 1.54) is 0 Å². The SMILES string of the molecule is O=C(CCc1c(Cl)cccc1Cl)Nc1ccccc1C(=O)NC[C@@H]1CCCO1. The Balaban J connectivity index is 1.59. The van der Waals surface area contributed by atoms with Gasteiger partial charge in [0, 0.05) is 29.6 Å². The first kappa shape index (κ1) is 20.6. The van der Waals surface area contributed by atoms with Gasteiger partial charge in [-0.3, -0.25) is 9.59 Å². The van der Waals surface area contributed by atoms with Crippen molar-refractivity contribution in [3.05, 3.63) is 63.6 Å². The van der Waals surface area contributed by atoms with Gasteiger partial charge < -0.3 is 15.4 Å². The minimum absolute atomic E-state index is 0.0612. The molecule has 3 rings (SSSR count). The second-order valence-electron chi connectivity index (χ2n) is 6.64. The van der Waals surface area contributed by atoms with Crippen molar-refractivity contribution in [1.29, 1.82) is 0 Å². The van der Waals surface area contributed by atoms with Gasteiger partial charge in [0.05, 0.1) is 17.4 Å². The van der Waals surface area contributed by atoms with Crippen LogP contribution in [0.2, 0.25) is 10.0 Å². The number of benzene rings is 2. The Morgan fingerprint density at radius 2 is 1.82 bits per heavy atom. The summed E-state index contributed by atoms with van der Waals surface area (Å²) >= 11 is 12.3. The number of nitrogens with one attached hydrogen (secondary N) is 2. The lowest BCUT2D eigenvalue weighted by atomic mass is 10.1. The normalized spacial score (nSPS) is 16.0. The van der Waals surface area contributed by atoms with Crippen molar-refractivity contribution >= 4 is 40.7 Å². The van der Waals surface area contributed by atoms with Crippen LogP contribution in [0.5, 0.6) is 0 Å². The van der Waals surface area contributed by atoms with E-state index in [1.54, 1.807) is 42.5 Å². The van der Waals surface area contributed by atoms with Gasteiger partial charge in [0.15, 0.2) is 0 Å². The second-order valence-corrected chi connectivity index (χ2v) is 7.45. The molecule has 2 amide bonds. The number of ether oxygens (including phenoxy) is 1. The number of rotatable bonds is 7. The van der Waals surface area contributed by atoms with E-state index in [4.69, 9.17) is 27.9 Å². The molecule has 148 valence electrons. The summed E-state index contributed by atoms with van der Waals surface area (Å²) in [6.45, 7) is 1.20. The molecular weight excluding hydrogens is 399 g/mol. The van der Waals surface area contributed by atoms with Gasteiger partial charge in [0.2, 0.25) is 5.91 Å². The first-order chi connectivity index (χ1) is 13.5. The van der Waals surface area contributed by atoms with Gasteiger partial charge in [-0.25, -0.2) is 0 Å². The molecule has 0 aromatic heterocycles. The van der Waals surface area contributed by atoms with Gasteiger partial charge in [0.1, 0.15) is 0 Å². The highest BCUT2D eigenvalue weighted by Crippen LogP contribution is 2.25. The largest absolute Gasteiger partial charge is 0.376 e. The molecule has 5 nitrogen and oxygen atoms in total. The van der Waals surface area contributed by atoms with Crippen LogP contribution in [0.3, 0.4) is 0 Å². The Morgan fingerprint density at radius 3 is 2.54 bits per heavy atom. The third-order valence-electron chi connectivity index (χ3n) is 4.62. The van der Waals surface area contributed by atoms with Crippen LogP contribution < -0.4 is 10.6 Å². The van der Waals surface area contributed by atoms with Crippen LogP contribution in [0, 0.1) is 0 Å². The van der Waals surface area contributed by atoms with Crippen LogP contribution >= 0.6 is 23.2 Å². The fourth-order valence-corrected chi connectivity index (χ4v) is 3.71. The summed E-state index contributed by atoms with van der Waals surface area (Å²) in [6.07, 6.45) is 2.64. The molecule has 0 bridgehead atoms. The standard InChI is InChI=1S/C21H22Cl2N2O3/c22-17-7-3-8-18(23)15(17)10-11-20(26)25-19-9-2-1-6-16(19)21(27)24-13-14-5-4-12-28-14/h1-3,6-9,14H,4-5,10-13H2,(H,24,27)(H,25,26)/t14-/m0/s1. The van der Waals surface area contributed by atoms with E-state index in [1.807, 2.05) is 0 Å². The van der Waals surface area contributed by atoms with E-state index in [-0.39, 0.29) is 24.3 Å². The van der Waals surface area contributed by atoms with Crippen molar-refractivity contribution in [3.63, 3.8) is 0 Å². The molecule has 0 saturated carbocycles. The number of anilines is 1. The molecule has 1 heterocycles. The molecule has 0 aliphatic carbocycles. The Kier molecular flexibility index (Phi) is 7.31. The minimum atomic E-state index is -0.236. The third kappa shape index (κ3) is 5.47. The molecule has 1 fully saturated rings. The quantitative estimate of drug-likeness (QED) is 0.693. The summed E-state index contributed by atoms with van der Waals surface area (Å²) < 4.78 is 5.52. The molecule has 1 saturated heterocycles. The summed E-state index contributed by atoms with van der Waals surface area (Å²) in [5.74, 6) is -0.448. The maximum absolute atomic E-state index is 12.5. The highest BCUT2D eigenvalue weighted by atomic mass is 35.5. The topological polar surface area (TPSA) is 67.4 Å². The van der Waals surface area contributed by atoms with Crippen molar-refractivity contribution < 1.29 is 14.3 Å². The highest BCUT2D eigenvalue weighted by Gasteiger charge is 2.18. The maximum atomic E-state index is 12.5. The Morgan fingerprint density at radius 1 is 1.07 bits per heavy atom. The number of para-hydroxylation sites is 1. The molecular formula is C21H22Cl2N2O3. The lowest BCUT2D eigenvalue weighted by molar-refractivity contribution is -0.116. The van der Waals surface area contributed by atoms with Gasteiger partial charge in [-0.05, 0) is 49.1 Å². The fraction of sp³-hybridized carbons (Fsp3) is 0.333. The van der Waals surface area contributed by atoms with E-state index >= 15 is 0 Å². The third-order valence-corrected chi connectivity index (χ3v) is 5.33. The molecule has 2 aromatic rings. The molecule has 0 spiro atoms. The van der Waals surface area contributed by atoms with Crippen molar-refractivity contribution in [1.82, 2.24) is 5.32 Å². The molecule has 0 unspecified atom stereocenters. The maximum Gasteiger partial charge on any atom is 0.253 e. The molecule has 2 aromatic carbocycles. The number of amides is 2. The molecule has 1 atom stereocenters. The van der Waals surface area contributed by atoms with Gasteiger partial charge in [-0.15, -0.1) is 0 Å². The van der Waals surface area contributed by atoms with Crippen molar-refractivity contribution in [2.45, 2.75) is 31.8 Å². The number of carbonyl (C=O) groups is 2. The summed E-state index contributed by atoms with van der Waals surface area (Å²) in [6, 6.07) is 12.2. The molecule has 1 aliphatic rings. The Bertz CT molecular complexity index is 831. The van der Waals surface area contributed by atoms with Crippen molar-refractivity contribution in [2.75, 3.05) is 18.5 Å². The number of halogens is 2. The van der Waals surface area contributed by atoms with Gasteiger partial charge >= 0.3 is 0 Å². The summed E-state index contributed by atoms with van der Waals surface area (Å²) in [4.78, 5) is 24.9. The Labute approximate surface area is 174 Å². The van der Waals surface area contributed by atoms with Crippen LogP contribution in [0.1, 0.15) is 35.2 Å². The predicted molar refractivity (Wildman–Crippen MR) is 111 cm³/mol. The molecule has 28 heavy (non-hydrogen) atoms. The average molecular weight is 421 g/mol. The lowest BCUT2D eigenvalue weighted by Gasteiger charge is -2.14. The Hall–Kier alpha value is -2.08. The zero-order valence-corrected chi connectivity index (χ0v) is 16.9. The molecule has 0 radical (unpaired) electrons. The van der Waals surface area contributed by atoms with E-state index in [0.717, 1.165) is 25.0 Å². The van der Waals surface area contributed by atoms with Crippen LogP contribution in [0.15, 0.2) is 42.5 Å². The van der Waals surface area contributed by atoms with Gasteiger partial charge in [-0.1, -0.05) is 41.4 Å². The monoisotopic (exact) mass is 420 g/mol. The molecule has 2 N–H and O–H groups in total. The van der Waals surface area contributed by atoms with E-state index < -0.39 is 0 Å². The van der Waals surface area contributed by atoms with Gasteiger partial charge in [-0.2, -0.15) is 0 Å². The van der Waals surface area contributed by atoms with E-state index in [0.29, 0.717) is 34.3 Å². The van der Waals surface area contributed by atoms with E-state index in [9.17, 15) is 9.59 Å². The second kappa shape index (κ2) is 9.92. The number of hydrogen-bond donors (Lipinski definition) is 2. The fourth-order valence-electron chi connectivity index (χ4n) is 3.12. The van der Waals surface area contributed by atoms with Crippen LogP contribution in [0.4, 0.5) is 5.69 Å². The smallest absolute Gasteiger partial charge is 0.253 e. The first-order valence-electron chi connectivity index (χ1n) is 9.26. The van der Waals surface area contributed by atoms with Crippen molar-refractivity contribution in [2.24, 2.45) is 0 Å². The first-order valence-corrected chi connectivity index (χ1v) is 10.0. The average Bonchev–Trinajstić information content (AvgIpc) is 3.20. The zero-order chi connectivity index (χ0) is 19.9. The number of carbonyl (C=O) groups excluding carboxylic acids is 2. The lowest BCUT2D eigenvalue weighted by Crippen LogP contribution is -2.32.